The molecule has 3 unspecified atom stereocenters. The normalized spacial score (nSPS) is 25.0. The van der Waals surface area contributed by atoms with E-state index in [1.54, 1.807) is 16.9 Å². The number of β-amino-alcohol motifs (C(OH)–C–C–N with tert-alkyl or cyclic N) is 1. The van der Waals surface area contributed by atoms with Crippen LogP contribution < -0.4 is 5.32 Å². The minimum absolute atomic E-state index is 0.0563. The summed E-state index contributed by atoms with van der Waals surface area (Å²) in [6, 6.07) is 1.74. The Morgan fingerprint density at radius 3 is 2.81 bits per heavy atom. The molecule has 0 saturated carbocycles. The molecule has 0 aliphatic carbocycles. The van der Waals surface area contributed by atoms with Crippen LogP contribution in [0.4, 0.5) is 5.82 Å². The van der Waals surface area contributed by atoms with Gasteiger partial charge in [-0.05, 0) is 39.7 Å². The number of nitrogens with zero attached hydrogens (tertiary/aromatic N) is 3. The zero-order valence-corrected chi connectivity index (χ0v) is 13.3. The maximum absolute atomic E-state index is 12.4. The minimum Gasteiger partial charge on any atom is -0.392 e. The van der Waals surface area contributed by atoms with E-state index < -0.39 is 0 Å². The second-order valence-corrected chi connectivity index (χ2v) is 6.25. The fourth-order valence-electron chi connectivity index (χ4n) is 2.65. The number of amides is 1. The summed E-state index contributed by atoms with van der Waals surface area (Å²) in [7, 11) is 0. The Balaban J connectivity index is 1.98. The van der Waals surface area contributed by atoms with Crippen molar-refractivity contribution in [1.29, 1.82) is 0 Å². The highest BCUT2D eigenvalue weighted by Crippen LogP contribution is 2.20. The number of rotatable bonds is 4. The summed E-state index contributed by atoms with van der Waals surface area (Å²) < 4.78 is 1.79. The predicted octanol–water partition coefficient (Wildman–Crippen LogP) is 1.49. The van der Waals surface area contributed by atoms with E-state index in [2.05, 4.69) is 10.4 Å². The van der Waals surface area contributed by atoms with Crippen LogP contribution in [0.5, 0.6) is 0 Å². The number of aliphatic hydroxyl groups excluding tert-OH is 1. The van der Waals surface area contributed by atoms with Crippen LogP contribution in [-0.4, -0.2) is 50.9 Å². The highest BCUT2D eigenvalue weighted by atomic mass is 16.3. The number of anilines is 1. The van der Waals surface area contributed by atoms with E-state index in [1.165, 1.54) is 0 Å². The maximum atomic E-state index is 12.4. The van der Waals surface area contributed by atoms with Gasteiger partial charge in [-0.3, -0.25) is 9.69 Å². The Morgan fingerprint density at radius 2 is 2.19 bits per heavy atom. The van der Waals surface area contributed by atoms with Gasteiger partial charge in [0, 0.05) is 18.7 Å². The number of carbonyl (C=O) groups is 1. The molecule has 3 atom stereocenters. The average Bonchev–Trinajstić information content (AvgIpc) is 2.89. The Bertz CT molecular complexity index is 486. The molecule has 1 aliphatic heterocycles. The van der Waals surface area contributed by atoms with Crippen LogP contribution in [0.15, 0.2) is 12.3 Å². The second kappa shape index (κ2) is 6.58. The number of piperidine rings is 1. The zero-order chi connectivity index (χ0) is 15.6. The molecule has 2 heterocycles. The molecule has 0 bridgehead atoms. The van der Waals surface area contributed by atoms with Crippen LogP contribution in [-0.2, 0) is 4.79 Å². The first-order valence-electron chi connectivity index (χ1n) is 7.66. The third-order valence-electron chi connectivity index (χ3n) is 4.29. The van der Waals surface area contributed by atoms with Crippen molar-refractivity contribution >= 4 is 11.7 Å². The largest absolute Gasteiger partial charge is 0.392 e. The molecule has 0 radical (unpaired) electrons. The Hall–Kier alpha value is -1.40. The molecular weight excluding hydrogens is 268 g/mol. The van der Waals surface area contributed by atoms with Crippen LogP contribution in [0.25, 0.3) is 0 Å². The smallest absolute Gasteiger partial charge is 0.242 e. The molecule has 6 heteroatoms. The van der Waals surface area contributed by atoms with Crippen LogP contribution in [0.3, 0.4) is 0 Å². The summed E-state index contributed by atoms with van der Waals surface area (Å²) in [5, 5.41) is 17.1. The van der Waals surface area contributed by atoms with Gasteiger partial charge in [0.2, 0.25) is 5.91 Å². The number of nitrogens with one attached hydrogen (secondary N) is 1. The highest BCUT2D eigenvalue weighted by molar-refractivity contribution is 5.93. The quantitative estimate of drug-likeness (QED) is 0.883. The van der Waals surface area contributed by atoms with E-state index in [0.717, 1.165) is 13.0 Å². The minimum atomic E-state index is -0.352. The Labute approximate surface area is 126 Å². The second-order valence-electron chi connectivity index (χ2n) is 6.25. The molecule has 1 aliphatic rings. The van der Waals surface area contributed by atoms with Crippen molar-refractivity contribution in [2.24, 2.45) is 5.92 Å². The van der Waals surface area contributed by atoms with E-state index in [4.69, 9.17) is 0 Å². The lowest BCUT2D eigenvalue weighted by Gasteiger charge is -2.37. The number of hydrogen-bond donors (Lipinski definition) is 2. The van der Waals surface area contributed by atoms with Gasteiger partial charge in [-0.2, -0.15) is 5.10 Å². The average molecular weight is 294 g/mol. The summed E-state index contributed by atoms with van der Waals surface area (Å²) in [6.45, 7) is 9.38. The van der Waals surface area contributed by atoms with E-state index in [-0.39, 0.29) is 24.1 Å². The SMILES string of the molecule is CC1CCN(C(C)C(=O)Nc2ccnn2C(C)C)CC1O. The molecule has 2 N–H and O–H groups in total. The molecule has 1 aromatic heterocycles. The van der Waals surface area contributed by atoms with Crippen molar-refractivity contribution in [2.75, 3.05) is 18.4 Å². The van der Waals surface area contributed by atoms with Crippen molar-refractivity contribution in [3.63, 3.8) is 0 Å². The van der Waals surface area contributed by atoms with Crippen LogP contribution in [0.1, 0.15) is 40.2 Å². The van der Waals surface area contributed by atoms with Gasteiger partial charge in [-0.25, -0.2) is 4.68 Å². The van der Waals surface area contributed by atoms with Crippen LogP contribution >= 0.6 is 0 Å². The summed E-state index contributed by atoms with van der Waals surface area (Å²) in [6.07, 6.45) is 2.25. The molecule has 2 rings (SSSR count). The van der Waals surface area contributed by atoms with Gasteiger partial charge in [0.05, 0.1) is 18.3 Å². The molecule has 0 aromatic carbocycles. The zero-order valence-electron chi connectivity index (χ0n) is 13.3. The van der Waals surface area contributed by atoms with Gasteiger partial charge >= 0.3 is 0 Å². The molecule has 1 amide bonds. The molecular formula is C15H26N4O2. The summed E-state index contributed by atoms with van der Waals surface area (Å²) in [5.41, 5.74) is 0. The van der Waals surface area contributed by atoms with Gasteiger partial charge in [0.15, 0.2) is 0 Å². The highest BCUT2D eigenvalue weighted by Gasteiger charge is 2.30. The van der Waals surface area contributed by atoms with Crippen molar-refractivity contribution < 1.29 is 9.90 Å². The third-order valence-corrected chi connectivity index (χ3v) is 4.29. The predicted molar refractivity (Wildman–Crippen MR) is 82.1 cm³/mol. The standard InChI is InChI=1S/C15H26N4O2/c1-10(2)19-14(5-7-16-19)17-15(21)12(4)18-8-6-11(3)13(20)9-18/h5,7,10-13,20H,6,8-9H2,1-4H3,(H,17,21). The topological polar surface area (TPSA) is 70.4 Å². The number of likely N-dealkylation sites (tertiary alicyclic amines) is 1. The molecule has 118 valence electrons. The molecule has 6 nitrogen and oxygen atoms in total. The summed E-state index contributed by atoms with van der Waals surface area (Å²) in [4.78, 5) is 14.4. The first-order chi connectivity index (χ1) is 9.90. The number of hydrogen-bond acceptors (Lipinski definition) is 4. The van der Waals surface area contributed by atoms with Gasteiger partial charge in [0.25, 0.3) is 0 Å². The lowest BCUT2D eigenvalue weighted by atomic mass is 9.95. The summed E-state index contributed by atoms with van der Waals surface area (Å²) in [5.74, 6) is 0.964. The van der Waals surface area contributed by atoms with E-state index >= 15 is 0 Å². The third kappa shape index (κ3) is 3.63. The lowest BCUT2D eigenvalue weighted by Crippen LogP contribution is -2.50. The van der Waals surface area contributed by atoms with Crippen molar-refractivity contribution in [1.82, 2.24) is 14.7 Å². The van der Waals surface area contributed by atoms with Gasteiger partial charge < -0.3 is 10.4 Å². The molecule has 1 fully saturated rings. The maximum Gasteiger partial charge on any atom is 0.242 e. The Morgan fingerprint density at radius 1 is 1.48 bits per heavy atom. The lowest BCUT2D eigenvalue weighted by molar-refractivity contribution is -0.122. The van der Waals surface area contributed by atoms with Crippen LogP contribution in [0.2, 0.25) is 0 Å². The number of aliphatic hydroxyl groups is 1. The van der Waals surface area contributed by atoms with Crippen molar-refractivity contribution in [3.05, 3.63) is 12.3 Å². The van der Waals surface area contributed by atoms with Gasteiger partial charge in [0.1, 0.15) is 5.82 Å². The van der Waals surface area contributed by atoms with E-state index in [1.807, 2.05) is 32.6 Å². The fourth-order valence-corrected chi connectivity index (χ4v) is 2.65. The molecule has 21 heavy (non-hydrogen) atoms. The van der Waals surface area contributed by atoms with Crippen LogP contribution in [0, 0.1) is 5.92 Å². The van der Waals surface area contributed by atoms with Gasteiger partial charge in [-0.1, -0.05) is 6.92 Å². The molecule has 1 aromatic rings. The first kappa shape index (κ1) is 16.0. The molecule has 1 saturated heterocycles. The molecule has 0 spiro atoms. The fraction of sp³-hybridized carbons (Fsp3) is 0.733. The first-order valence-corrected chi connectivity index (χ1v) is 7.66. The van der Waals surface area contributed by atoms with Crippen molar-refractivity contribution in [3.8, 4) is 0 Å². The van der Waals surface area contributed by atoms with E-state index in [9.17, 15) is 9.90 Å². The van der Waals surface area contributed by atoms with Gasteiger partial charge in [-0.15, -0.1) is 0 Å². The van der Waals surface area contributed by atoms with E-state index in [0.29, 0.717) is 18.3 Å². The van der Waals surface area contributed by atoms with Crippen molar-refractivity contribution in [2.45, 2.75) is 52.3 Å². The number of aromatic nitrogens is 2. The Kier molecular flexibility index (Phi) is 5.00. The number of carbonyl (C=O) groups excluding carboxylic acids is 1. The summed E-state index contributed by atoms with van der Waals surface area (Å²) >= 11 is 0. The monoisotopic (exact) mass is 294 g/mol.